The highest BCUT2D eigenvalue weighted by molar-refractivity contribution is 6.30. The number of hydrogen-bond acceptors (Lipinski definition) is 4. The summed E-state index contributed by atoms with van der Waals surface area (Å²) >= 11 is 5.99. The number of nitrogens with zero attached hydrogens (tertiary/aromatic N) is 2. The van der Waals surface area contributed by atoms with Gasteiger partial charge in [-0.3, -0.25) is 9.69 Å². The Labute approximate surface area is 217 Å². The maximum Gasteiger partial charge on any atom is 0.416 e. The zero-order chi connectivity index (χ0) is 26.4. The quantitative estimate of drug-likeness (QED) is 0.253. The first-order chi connectivity index (χ1) is 17.7. The van der Waals surface area contributed by atoms with Gasteiger partial charge in [-0.1, -0.05) is 72.3 Å². The Morgan fingerprint density at radius 2 is 1.68 bits per heavy atom. The predicted octanol–water partition coefficient (Wildman–Crippen LogP) is 7.04. The van der Waals surface area contributed by atoms with Crippen molar-refractivity contribution in [3.8, 4) is 0 Å². The Bertz CT molecular complexity index is 1320. The fourth-order valence-electron chi connectivity index (χ4n) is 3.89. The summed E-state index contributed by atoms with van der Waals surface area (Å²) < 4.78 is 45.2. The molecule has 4 aromatic rings. The molecule has 0 spiro atoms. The van der Waals surface area contributed by atoms with Crippen LogP contribution in [0.1, 0.15) is 51.6 Å². The number of oxazole rings is 1. The van der Waals surface area contributed by atoms with Crippen molar-refractivity contribution in [1.29, 1.82) is 0 Å². The van der Waals surface area contributed by atoms with Gasteiger partial charge in [0, 0.05) is 18.1 Å². The number of alkyl halides is 3. The van der Waals surface area contributed by atoms with Crippen LogP contribution in [-0.4, -0.2) is 15.8 Å². The predicted molar refractivity (Wildman–Crippen MR) is 135 cm³/mol. The molecule has 0 aliphatic rings. The molecule has 1 aromatic heterocycles. The molecule has 0 saturated heterocycles. The maximum atomic E-state index is 13.2. The summed E-state index contributed by atoms with van der Waals surface area (Å²) in [6.45, 7) is 2.67. The Morgan fingerprint density at radius 3 is 2.38 bits per heavy atom. The van der Waals surface area contributed by atoms with Gasteiger partial charge in [0.25, 0.3) is 5.91 Å². The molecule has 1 amide bonds. The molecule has 1 heterocycles. The van der Waals surface area contributed by atoms with E-state index in [-0.39, 0.29) is 36.6 Å². The Balaban J connectivity index is 1.49. The van der Waals surface area contributed by atoms with Crippen molar-refractivity contribution in [2.75, 3.05) is 0 Å². The van der Waals surface area contributed by atoms with Crippen molar-refractivity contribution >= 4 is 17.5 Å². The molecule has 4 rings (SSSR count). The topological polar surface area (TPSA) is 58.4 Å². The van der Waals surface area contributed by atoms with Crippen molar-refractivity contribution < 1.29 is 22.4 Å². The van der Waals surface area contributed by atoms with E-state index in [9.17, 15) is 18.0 Å². The van der Waals surface area contributed by atoms with Crippen molar-refractivity contribution in [2.24, 2.45) is 0 Å². The van der Waals surface area contributed by atoms with Crippen LogP contribution in [0.25, 0.3) is 0 Å². The molecule has 1 unspecified atom stereocenters. The van der Waals surface area contributed by atoms with Crippen molar-refractivity contribution in [3.05, 3.63) is 124 Å². The number of hydrogen-bond donors (Lipinski definition) is 1. The third kappa shape index (κ3) is 7.44. The summed E-state index contributed by atoms with van der Waals surface area (Å²) in [4.78, 5) is 18.9. The van der Waals surface area contributed by atoms with E-state index in [1.54, 1.807) is 18.2 Å². The molecule has 9 heteroatoms. The highest BCUT2D eigenvalue weighted by Crippen LogP contribution is 2.30. The zero-order valence-corrected chi connectivity index (χ0v) is 20.8. The van der Waals surface area contributed by atoms with Crippen LogP contribution >= 0.6 is 11.6 Å². The van der Waals surface area contributed by atoms with Crippen LogP contribution in [-0.2, 0) is 25.8 Å². The molecule has 0 bridgehead atoms. The zero-order valence-electron chi connectivity index (χ0n) is 20.0. The van der Waals surface area contributed by atoms with Crippen LogP contribution in [0.5, 0.6) is 0 Å². The summed E-state index contributed by atoms with van der Waals surface area (Å²) in [5.41, 5.74) is 1.78. The molecule has 37 heavy (non-hydrogen) atoms. The van der Waals surface area contributed by atoms with E-state index in [0.29, 0.717) is 17.1 Å². The first-order valence-electron chi connectivity index (χ1n) is 11.6. The lowest BCUT2D eigenvalue weighted by atomic mass is 10.1. The van der Waals surface area contributed by atoms with Gasteiger partial charge >= 0.3 is 6.18 Å². The number of benzene rings is 3. The van der Waals surface area contributed by atoms with Crippen molar-refractivity contribution in [3.63, 3.8) is 0 Å². The average molecular weight is 528 g/mol. The summed E-state index contributed by atoms with van der Waals surface area (Å²) in [6.07, 6.45) is -3.15. The highest BCUT2D eigenvalue weighted by atomic mass is 35.5. The van der Waals surface area contributed by atoms with Crippen LogP contribution in [0, 0.1) is 0 Å². The minimum absolute atomic E-state index is 0.128. The molecule has 0 radical (unpaired) electrons. The molecule has 5 nitrogen and oxygen atoms in total. The molecule has 192 valence electrons. The van der Waals surface area contributed by atoms with E-state index >= 15 is 0 Å². The number of halogens is 4. The normalized spacial score (nSPS) is 12.5. The standard InChI is InChI=1S/C28H25ClF3N3O2/c1-19(22-7-3-2-4-8-22)33-27(36)25-18-37-26(34-25)17-35(15-20-10-12-24(29)13-11-20)16-21-6-5-9-23(14-21)28(30,31)32/h2-14,18-19H,15-17H2,1H3,(H,33,36). The summed E-state index contributed by atoms with van der Waals surface area (Å²) in [5.74, 6) is -0.105. The van der Waals surface area contributed by atoms with E-state index in [2.05, 4.69) is 10.3 Å². The molecule has 0 fully saturated rings. The molecule has 0 saturated carbocycles. The van der Waals surface area contributed by atoms with Crippen molar-refractivity contribution in [1.82, 2.24) is 15.2 Å². The van der Waals surface area contributed by atoms with Crippen LogP contribution in [0.4, 0.5) is 13.2 Å². The van der Waals surface area contributed by atoms with Gasteiger partial charge in [-0.05, 0) is 41.8 Å². The fraction of sp³-hybridized carbons (Fsp3) is 0.214. The molecule has 0 aliphatic heterocycles. The third-order valence-electron chi connectivity index (χ3n) is 5.77. The molecule has 1 atom stereocenters. The number of rotatable bonds is 9. The van der Waals surface area contributed by atoms with Gasteiger partial charge in [0.1, 0.15) is 6.26 Å². The van der Waals surface area contributed by atoms with Crippen molar-refractivity contribution in [2.45, 2.75) is 38.8 Å². The molecule has 0 aliphatic carbocycles. The Morgan fingerprint density at radius 1 is 0.973 bits per heavy atom. The minimum Gasteiger partial charge on any atom is -0.447 e. The van der Waals surface area contributed by atoms with Crippen LogP contribution in [0.2, 0.25) is 5.02 Å². The van der Waals surface area contributed by atoms with E-state index in [0.717, 1.165) is 23.3 Å². The lowest BCUT2D eigenvalue weighted by molar-refractivity contribution is -0.137. The number of nitrogens with one attached hydrogen (secondary N) is 1. The van der Waals surface area contributed by atoms with Crippen LogP contribution in [0.3, 0.4) is 0 Å². The second kappa shape index (κ2) is 11.6. The van der Waals surface area contributed by atoms with Gasteiger partial charge < -0.3 is 9.73 Å². The fourth-order valence-corrected chi connectivity index (χ4v) is 4.02. The van der Waals surface area contributed by atoms with Gasteiger partial charge in [-0.15, -0.1) is 0 Å². The first-order valence-corrected chi connectivity index (χ1v) is 12.0. The monoisotopic (exact) mass is 527 g/mol. The second-order valence-corrected chi connectivity index (χ2v) is 9.14. The van der Waals surface area contributed by atoms with E-state index in [4.69, 9.17) is 16.0 Å². The lowest BCUT2D eigenvalue weighted by Gasteiger charge is -2.21. The minimum atomic E-state index is -4.43. The van der Waals surface area contributed by atoms with Gasteiger partial charge in [0.2, 0.25) is 5.89 Å². The largest absolute Gasteiger partial charge is 0.447 e. The SMILES string of the molecule is CC(NC(=O)c1coc(CN(Cc2ccc(Cl)cc2)Cc2cccc(C(F)(F)F)c2)n1)c1ccccc1. The Kier molecular flexibility index (Phi) is 8.31. The number of aromatic nitrogens is 1. The van der Waals surface area contributed by atoms with Gasteiger partial charge in [-0.2, -0.15) is 13.2 Å². The van der Waals surface area contributed by atoms with Gasteiger partial charge in [0.15, 0.2) is 5.69 Å². The highest BCUT2D eigenvalue weighted by Gasteiger charge is 2.30. The first kappa shape index (κ1) is 26.4. The Hall–Kier alpha value is -3.62. The van der Waals surface area contributed by atoms with E-state index < -0.39 is 11.7 Å². The summed E-state index contributed by atoms with van der Waals surface area (Å²) in [7, 11) is 0. The van der Waals surface area contributed by atoms with E-state index in [1.165, 1.54) is 12.3 Å². The van der Waals surface area contributed by atoms with Gasteiger partial charge in [0.05, 0.1) is 18.2 Å². The number of amides is 1. The molecular formula is C28H25ClF3N3O2. The number of carbonyl (C=O) groups excluding carboxylic acids is 1. The average Bonchev–Trinajstić information content (AvgIpc) is 3.34. The summed E-state index contributed by atoms with van der Waals surface area (Å²) in [5, 5.41) is 3.47. The second-order valence-electron chi connectivity index (χ2n) is 8.70. The molecule has 3 aromatic carbocycles. The maximum absolute atomic E-state index is 13.2. The lowest BCUT2D eigenvalue weighted by Crippen LogP contribution is -2.27. The number of carbonyl (C=O) groups is 1. The van der Waals surface area contributed by atoms with E-state index in [1.807, 2.05) is 54.3 Å². The molecule has 1 N–H and O–H groups in total. The van der Waals surface area contributed by atoms with Crippen LogP contribution in [0.15, 0.2) is 89.5 Å². The van der Waals surface area contributed by atoms with Crippen LogP contribution < -0.4 is 5.32 Å². The smallest absolute Gasteiger partial charge is 0.416 e. The third-order valence-corrected chi connectivity index (χ3v) is 6.02. The summed E-state index contributed by atoms with van der Waals surface area (Å²) in [6, 6.07) is 21.7. The van der Waals surface area contributed by atoms with Gasteiger partial charge in [-0.25, -0.2) is 4.98 Å². The molecular weight excluding hydrogens is 503 g/mol.